The van der Waals surface area contributed by atoms with Crippen molar-refractivity contribution < 1.29 is 0 Å². The van der Waals surface area contributed by atoms with Gasteiger partial charge in [-0.3, -0.25) is 4.90 Å². The van der Waals surface area contributed by atoms with E-state index >= 15 is 0 Å². The lowest BCUT2D eigenvalue weighted by molar-refractivity contribution is 0.204. The Balaban J connectivity index is 2.65. The summed E-state index contributed by atoms with van der Waals surface area (Å²) in [5, 5.41) is 3.34. The molecule has 0 saturated heterocycles. The van der Waals surface area contributed by atoms with Crippen LogP contribution in [0.4, 0.5) is 5.82 Å². The predicted molar refractivity (Wildman–Crippen MR) is 78.9 cm³/mol. The molecular formula is C15H27N3. The van der Waals surface area contributed by atoms with Gasteiger partial charge in [0.2, 0.25) is 0 Å². The van der Waals surface area contributed by atoms with Crippen LogP contribution in [0, 0.1) is 0 Å². The Labute approximate surface area is 112 Å². The van der Waals surface area contributed by atoms with E-state index < -0.39 is 0 Å². The molecule has 1 aromatic rings. The van der Waals surface area contributed by atoms with Gasteiger partial charge in [0.1, 0.15) is 5.82 Å². The molecule has 1 rings (SSSR count). The fourth-order valence-electron chi connectivity index (χ4n) is 1.96. The number of nitrogens with one attached hydrogen (secondary N) is 1. The zero-order chi connectivity index (χ0) is 13.4. The molecule has 0 aliphatic rings. The van der Waals surface area contributed by atoms with Gasteiger partial charge in [0.25, 0.3) is 0 Å². The van der Waals surface area contributed by atoms with E-state index in [0.29, 0.717) is 6.04 Å². The van der Waals surface area contributed by atoms with E-state index in [1.54, 1.807) is 0 Å². The van der Waals surface area contributed by atoms with Crippen molar-refractivity contribution in [3.63, 3.8) is 0 Å². The van der Waals surface area contributed by atoms with Gasteiger partial charge < -0.3 is 5.32 Å². The summed E-state index contributed by atoms with van der Waals surface area (Å²) in [6.45, 7) is 11.9. The maximum Gasteiger partial charge on any atom is 0.126 e. The van der Waals surface area contributed by atoms with Crippen LogP contribution in [-0.4, -0.2) is 29.0 Å². The van der Waals surface area contributed by atoms with Gasteiger partial charge in [-0.25, -0.2) is 4.98 Å². The van der Waals surface area contributed by atoms with Crippen LogP contribution in [-0.2, 0) is 6.54 Å². The minimum Gasteiger partial charge on any atom is -0.370 e. The standard InChI is InChI=1S/C15H27N3/c1-5-11-16-15-10-8-9-14(17-15)12-18(7-3)13(4)6-2/h8-10,13H,5-7,11-12H2,1-4H3,(H,16,17). The molecule has 0 fully saturated rings. The average molecular weight is 249 g/mol. The third kappa shape index (κ3) is 4.65. The number of nitrogens with zero attached hydrogens (tertiary/aromatic N) is 2. The van der Waals surface area contributed by atoms with Crippen molar-refractivity contribution in [2.45, 2.75) is 53.1 Å². The first-order chi connectivity index (χ1) is 8.71. The summed E-state index contributed by atoms with van der Waals surface area (Å²) >= 11 is 0. The zero-order valence-corrected chi connectivity index (χ0v) is 12.2. The Kier molecular flexibility index (Phi) is 6.73. The largest absolute Gasteiger partial charge is 0.370 e. The topological polar surface area (TPSA) is 28.2 Å². The Morgan fingerprint density at radius 3 is 2.67 bits per heavy atom. The molecule has 0 radical (unpaired) electrons. The van der Waals surface area contributed by atoms with E-state index in [1.165, 1.54) is 6.42 Å². The molecule has 0 bridgehead atoms. The molecule has 1 unspecified atom stereocenters. The molecule has 102 valence electrons. The minimum absolute atomic E-state index is 0.615. The molecule has 0 amide bonds. The lowest BCUT2D eigenvalue weighted by Crippen LogP contribution is -2.32. The summed E-state index contributed by atoms with van der Waals surface area (Å²) in [5.74, 6) is 0.995. The number of rotatable bonds is 8. The highest BCUT2D eigenvalue weighted by Gasteiger charge is 2.11. The van der Waals surface area contributed by atoms with Crippen molar-refractivity contribution >= 4 is 5.82 Å². The fraction of sp³-hybridized carbons (Fsp3) is 0.667. The van der Waals surface area contributed by atoms with E-state index in [4.69, 9.17) is 0 Å². The van der Waals surface area contributed by atoms with Gasteiger partial charge in [-0.05, 0) is 38.4 Å². The zero-order valence-electron chi connectivity index (χ0n) is 12.2. The normalized spacial score (nSPS) is 12.7. The van der Waals surface area contributed by atoms with Gasteiger partial charge in [0.05, 0.1) is 5.69 Å². The molecule has 1 aromatic heterocycles. The molecule has 1 N–H and O–H groups in total. The van der Waals surface area contributed by atoms with E-state index in [0.717, 1.165) is 37.6 Å². The second kappa shape index (κ2) is 8.09. The quantitative estimate of drug-likeness (QED) is 0.764. The molecule has 0 aliphatic heterocycles. The number of aromatic nitrogens is 1. The molecule has 3 nitrogen and oxygen atoms in total. The van der Waals surface area contributed by atoms with E-state index in [2.05, 4.69) is 55.0 Å². The van der Waals surface area contributed by atoms with Gasteiger partial charge in [0, 0.05) is 19.1 Å². The molecule has 0 aliphatic carbocycles. The molecule has 18 heavy (non-hydrogen) atoms. The maximum absolute atomic E-state index is 4.66. The van der Waals surface area contributed by atoms with Crippen LogP contribution in [0.25, 0.3) is 0 Å². The van der Waals surface area contributed by atoms with Crippen molar-refractivity contribution in [1.29, 1.82) is 0 Å². The van der Waals surface area contributed by atoms with Crippen LogP contribution in [0.3, 0.4) is 0 Å². The number of hydrogen-bond donors (Lipinski definition) is 1. The summed E-state index contributed by atoms with van der Waals surface area (Å²) < 4.78 is 0. The highest BCUT2D eigenvalue weighted by Crippen LogP contribution is 2.11. The highest BCUT2D eigenvalue weighted by atomic mass is 15.2. The van der Waals surface area contributed by atoms with E-state index in [9.17, 15) is 0 Å². The third-order valence-corrected chi connectivity index (χ3v) is 3.35. The fourth-order valence-corrected chi connectivity index (χ4v) is 1.96. The Bertz CT molecular complexity index is 338. The van der Waals surface area contributed by atoms with Gasteiger partial charge in [0.15, 0.2) is 0 Å². The smallest absolute Gasteiger partial charge is 0.126 e. The lowest BCUT2D eigenvalue weighted by Gasteiger charge is -2.26. The molecule has 0 spiro atoms. The lowest BCUT2D eigenvalue weighted by atomic mass is 10.2. The van der Waals surface area contributed by atoms with Gasteiger partial charge in [-0.2, -0.15) is 0 Å². The Morgan fingerprint density at radius 2 is 2.06 bits per heavy atom. The molecule has 1 heterocycles. The third-order valence-electron chi connectivity index (χ3n) is 3.35. The van der Waals surface area contributed by atoms with E-state index in [-0.39, 0.29) is 0 Å². The van der Waals surface area contributed by atoms with Crippen molar-refractivity contribution in [2.24, 2.45) is 0 Å². The number of hydrogen-bond acceptors (Lipinski definition) is 3. The summed E-state index contributed by atoms with van der Waals surface area (Å²) in [6.07, 6.45) is 2.31. The van der Waals surface area contributed by atoms with Crippen LogP contribution in [0.2, 0.25) is 0 Å². The molecular weight excluding hydrogens is 222 g/mol. The summed E-state index contributed by atoms with van der Waals surface area (Å²) in [5.41, 5.74) is 1.15. The SMILES string of the molecule is CCCNc1cccc(CN(CC)C(C)CC)n1. The first-order valence-corrected chi connectivity index (χ1v) is 7.15. The summed E-state index contributed by atoms with van der Waals surface area (Å²) in [6, 6.07) is 6.86. The van der Waals surface area contributed by atoms with Crippen LogP contribution in [0.15, 0.2) is 18.2 Å². The van der Waals surface area contributed by atoms with Crippen LogP contribution >= 0.6 is 0 Å². The van der Waals surface area contributed by atoms with Crippen LogP contribution < -0.4 is 5.32 Å². The molecule has 3 heteroatoms. The number of anilines is 1. The second-order valence-corrected chi connectivity index (χ2v) is 4.76. The van der Waals surface area contributed by atoms with Crippen molar-refractivity contribution in [2.75, 3.05) is 18.4 Å². The van der Waals surface area contributed by atoms with E-state index in [1.807, 2.05) is 6.07 Å². The molecule has 0 saturated carbocycles. The van der Waals surface area contributed by atoms with Gasteiger partial charge in [-0.15, -0.1) is 0 Å². The Hall–Kier alpha value is -1.09. The summed E-state index contributed by atoms with van der Waals surface area (Å²) in [4.78, 5) is 7.13. The van der Waals surface area contributed by atoms with Gasteiger partial charge in [-0.1, -0.05) is 26.8 Å². The van der Waals surface area contributed by atoms with Crippen LogP contribution in [0.5, 0.6) is 0 Å². The van der Waals surface area contributed by atoms with Crippen molar-refractivity contribution in [3.05, 3.63) is 23.9 Å². The monoisotopic (exact) mass is 249 g/mol. The van der Waals surface area contributed by atoms with Gasteiger partial charge >= 0.3 is 0 Å². The first kappa shape index (κ1) is 15.0. The highest BCUT2D eigenvalue weighted by molar-refractivity contribution is 5.35. The molecule has 1 atom stereocenters. The predicted octanol–water partition coefficient (Wildman–Crippen LogP) is 3.52. The van der Waals surface area contributed by atoms with Crippen molar-refractivity contribution in [3.8, 4) is 0 Å². The Morgan fingerprint density at radius 1 is 1.28 bits per heavy atom. The average Bonchev–Trinajstić information content (AvgIpc) is 2.42. The molecule has 0 aromatic carbocycles. The maximum atomic E-state index is 4.66. The minimum atomic E-state index is 0.615. The van der Waals surface area contributed by atoms with Crippen molar-refractivity contribution in [1.82, 2.24) is 9.88 Å². The second-order valence-electron chi connectivity index (χ2n) is 4.76. The first-order valence-electron chi connectivity index (χ1n) is 7.15. The summed E-state index contributed by atoms with van der Waals surface area (Å²) in [7, 11) is 0. The van der Waals surface area contributed by atoms with Crippen LogP contribution in [0.1, 0.15) is 46.2 Å². The number of pyridine rings is 1.